The summed E-state index contributed by atoms with van der Waals surface area (Å²) in [7, 11) is -3.78. The largest absolute Gasteiger partial charge is 0.477 e. The number of nitrogens with one attached hydrogen (secondary N) is 2. The normalized spacial score (nSPS) is 30.1. The molecule has 1 amide bonds. The van der Waals surface area contributed by atoms with Gasteiger partial charge in [-0.25, -0.2) is 14.5 Å². The Hall–Kier alpha value is -1.65. The van der Waals surface area contributed by atoms with E-state index in [9.17, 15) is 13.2 Å². The van der Waals surface area contributed by atoms with E-state index in [1.54, 1.807) is 0 Å². The lowest BCUT2D eigenvalue weighted by Gasteiger charge is -2.54. The Bertz CT molecular complexity index is 854. The zero-order valence-corrected chi connectivity index (χ0v) is 18.5. The number of nitrogens with zero attached hydrogens (tertiary/aromatic N) is 2. The summed E-state index contributed by atoms with van der Waals surface area (Å²) in [5, 5.41) is 12.6. The van der Waals surface area contributed by atoms with Crippen LogP contribution >= 0.6 is 0 Å². The van der Waals surface area contributed by atoms with Crippen LogP contribution in [0, 0.1) is 29.6 Å². The summed E-state index contributed by atoms with van der Waals surface area (Å²) in [4.78, 5) is 13.2. The molecule has 4 fully saturated rings. The molecular weight excluding hydrogens is 406 g/mol. The Labute approximate surface area is 178 Å². The number of carbonyl (C=O) groups excluding carboxylic acids is 1. The van der Waals surface area contributed by atoms with E-state index in [2.05, 4.69) is 15.1 Å². The molecule has 0 radical (unpaired) electrons. The van der Waals surface area contributed by atoms with Gasteiger partial charge in [-0.15, -0.1) is 0 Å². The molecule has 0 aliphatic heterocycles. The van der Waals surface area contributed by atoms with Crippen LogP contribution in [-0.4, -0.2) is 43.3 Å². The quantitative estimate of drug-likeness (QED) is 0.534. The average Bonchev–Trinajstić information content (AvgIpc) is 3.04. The molecule has 0 atom stereocenters. The number of nitrogens with two attached hydrogens (primary N) is 1. The van der Waals surface area contributed by atoms with Crippen molar-refractivity contribution in [2.24, 2.45) is 34.7 Å². The van der Waals surface area contributed by atoms with Crippen LogP contribution < -0.4 is 19.9 Å². The SMILES string of the molecule is CC(C)COc1c(C(=O)NC2C3CC4CC(C3)CC2C4)cnn1CCNS(N)(=O)=O. The van der Waals surface area contributed by atoms with Crippen LogP contribution in [0.2, 0.25) is 0 Å². The van der Waals surface area contributed by atoms with Crippen molar-refractivity contribution in [3.05, 3.63) is 11.8 Å². The van der Waals surface area contributed by atoms with Crippen molar-refractivity contribution in [3.63, 3.8) is 0 Å². The minimum absolute atomic E-state index is 0.0646. The van der Waals surface area contributed by atoms with E-state index in [1.807, 2.05) is 13.8 Å². The van der Waals surface area contributed by atoms with E-state index in [0.29, 0.717) is 29.9 Å². The van der Waals surface area contributed by atoms with Gasteiger partial charge < -0.3 is 10.1 Å². The lowest BCUT2D eigenvalue weighted by atomic mass is 9.54. The molecule has 30 heavy (non-hydrogen) atoms. The van der Waals surface area contributed by atoms with Crippen LogP contribution in [0.3, 0.4) is 0 Å². The van der Waals surface area contributed by atoms with Crippen LogP contribution in [0.15, 0.2) is 6.20 Å². The van der Waals surface area contributed by atoms with E-state index in [1.165, 1.54) is 43.0 Å². The minimum atomic E-state index is -3.78. The standard InChI is InChI=1S/C20H33N5O4S/c1-12(2)11-29-20-17(10-22-25(20)4-3-23-30(21,27)28)19(26)24-18-15-6-13-5-14(8-15)9-16(18)7-13/h10,12-16,18,23H,3-9,11H2,1-2H3,(H,24,26)(H2,21,27,28). The molecule has 1 aromatic rings. The Morgan fingerprint density at radius 1 is 1.23 bits per heavy atom. The summed E-state index contributed by atoms with van der Waals surface area (Å²) in [6.45, 7) is 4.77. The van der Waals surface area contributed by atoms with E-state index < -0.39 is 10.2 Å². The van der Waals surface area contributed by atoms with Crippen LogP contribution in [-0.2, 0) is 16.8 Å². The number of hydrogen-bond acceptors (Lipinski definition) is 5. The van der Waals surface area contributed by atoms with Crippen molar-refractivity contribution in [1.82, 2.24) is 19.8 Å². The predicted molar refractivity (Wildman–Crippen MR) is 112 cm³/mol. The van der Waals surface area contributed by atoms with Crippen LogP contribution in [0.4, 0.5) is 0 Å². The second-order valence-corrected chi connectivity index (χ2v) is 11.0. The molecule has 168 valence electrons. The summed E-state index contributed by atoms with van der Waals surface area (Å²) in [6, 6.07) is 0.232. The van der Waals surface area contributed by atoms with Gasteiger partial charge in [0.1, 0.15) is 5.56 Å². The highest BCUT2D eigenvalue weighted by atomic mass is 32.2. The van der Waals surface area contributed by atoms with Gasteiger partial charge >= 0.3 is 0 Å². The van der Waals surface area contributed by atoms with Gasteiger partial charge in [0.15, 0.2) is 0 Å². The molecule has 1 heterocycles. The highest BCUT2D eigenvalue weighted by Crippen LogP contribution is 2.53. The molecule has 0 saturated heterocycles. The number of hydrogen-bond donors (Lipinski definition) is 3. The van der Waals surface area contributed by atoms with E-state index in [4.69, 9.17) is 9.88 Å². The Balaban J connectivity index is 1.47. The molecule has 1 aromatic heterocycles. The monoisotopic (exact) mass is 439 g/mol. The number of aromatic nitrogens is 2. The summed E-state index contributed by atoms with van der Waals surface area (Å²) >= 11 is 0. The lowest BCUT2D eigenvalue weighted by Crippen LogP contribution is -2.55. The zero-order valence-electron chi connectivity index (χ0n) is 17.7. The molecule has 10 heteroatoms. The summed E-state index contributed by atoms with van der Waals surface area (Å²) in [5.41, 5.74) is 0.403. The van der Waals surface area contributed by atoms with Crippen LogP contribution in [0.5, 0.6) is 5.88 Å². The van der Waals surface area contributed by atoms with E-state index in [-0.39, 0.29) is 31.0 Å². The fourth-order valence-corrected chi connectivity index (χ4v) is 6.15. The molecule has 5 rings (SSSR count). The van der Waals surface area contributed by atoms with Crippen LogP contribution in [0.1, 0.15) is 56.3 Å². The van der Waals surface area contributed by atoms with Gasteiger partial charge in [0.25, 0.3) is 16.1 Å². The first-order valence-corrected chi connectivity index (χ1v) is 12.5. The first kappa shape index (κ1) is 21.6. The summed E-state index contributed by atoms with van der Waals surface area (Å²) in [5.74, 6) is 3.35. The fraction of sp³-hybridized carbons (Fsp3) is 0.800. The third kappa shape index (κ3) is 4.81. The van der Waals surface area contributed by atoms with Gasteiger partial charge in [-0.05, 0) is 61.7 Å². The smallest absolute Gasteiger partial charge is 0.274 e. The highest BCUT2D eigenvalue weighted by molar-refractivity contribution is 7.87. The maximum atomic E-state index is 13.2. The molecule has 4 N–H and O–H groups in total. The maximum absolute atomic E-state index is 13.2. The molecule has 4 aliphatic rings. The molecule has 4 saturated carbocycles. The first-order valence-electron chi connectivity index (χ1n) is 11.0. The van der Waals surface area contributed by atoms with Crippen molar-refractivity contribution in [2.75, 3.05) is 13.2 Å². The summed E-state index contributed by atoms with van der Waals surface area (Å²) < 4.78 is 31.9. The summed E-state index contributed by atoms with van der Waals surface area (Å²) in [6.07, 6.45) is 7.80. The Kier molecular flexibility index (Phi) is 6.09. The third-order valence-corrected chi connectivity index (χ3v) is 7.35. The van der Waals surface area contributed by atoms with E-state index in [0.717, 1.165) is 11.8 Å². The first-order chi connectivity index (χ1) is 14.2. The second kappa shape index (κ2) is 8.47. The van der Waals surface area contributed by atoms with Crippen molar-refractivity contribution >= 4 is 16.1 Å². The van der Waals surface area contributed by atoms with Gasteiger partial charge in [0.05, 0.1) is 19.3 Å². The topological polar surface area (TPSA) is 128 Å². The maximum Gasteiger partial charge on any atom is 0.274 e. The number of rotatable bonds is 9. The molecule has 0 unspecified atom stereocenters. The molecule has 0 aromatic carbocycles. The molecular formula is C20H33N5O4S. The Morgan fingerprint density at radius 2 is 1.87 bits per heavy atom. The fourth-order valence-electron chi connectivity index (χ4n) is 5.77. The average molecular weight is 440 g/mol. The van der Waals surface area contributed by atoms with Crippen molar-refractivity contribution in [1.29, 1.82) is 0 Å². The lowest BCUT2D eigenvalue weighted by molar-refractivity contribution is -0.0120. The predicted octanol–water partition coefficient (Wildman–Crippen LogP) is 1.27. The third-order valence-electron chi connectivity index (χ3n) is 6.74. The Morgan fingerprint density at radius 3 is 2.43 bits per heavy atom. The van der Waals surface area contributed by atoms with Gasteiger partial charge in [-0.2, -0.15) is 13.5 Å². The van der Waals surface area contributed by atoms with E-state index >= 15 is 0 Å². The van der Waals surface area contributed by atoms with Crippen molar-refractivity contribution in [3.8, 4) is 5.88 Å². The minimum Gasteiger partial charge on any atom is -0.477 e. The second-order valence-electron chi connectivity index (χ2n) is 9.66. The van der Waals surface area contributed by atoms with Gasteiger partial charge in [0.2, 0.25) is 5.88 Å². The molecule has 0 spiro atoms. The number of ether oxygens (including phenoxy) is 1. The number of carbonyl (C=O) groups is 1. The molecule has 9 nitrogen and oxygen atoms in total. The van der Waals surface area contributed by atoms with Gasteiger partial charge in [0, 0.05) is 12.6 Å². The highest BCUT2D eigenvalue weighted by Gasteiger charge is 2.48. The van der Waals surface area contributed by atoms with Crippen LogP contribution in [0.25, 0.3) is 0 Å². The van der Waals surface area contributed by atoms with Gasteiger partial charge in [-0.1, -0.05) is 13.8 Å². The zero-order chi connectivity index (χ0) is 21.5. The van der Waals surface area contributed by atoms with Crippen molar-refractivity contribution < 1.29 is 17.9 Å². The molecule has 4 bridgehead atoms. The van der Waals surface area contributed by atoms with Gasteiger partial charge in [-0.3, -0.25) is 4.79 Å². The van der Waals surface area contributed by atoms with Crippen molar-refractivity contribution in [2.45, 2.75) is 58.5 Å². The number of amides is 1. The molecule has 4 aliphatic carbocycles.